The molecule has 0 saturated carbocycles. The van der Waals surface area contributed by atoms with Crippen molar-refractivity contribution in [3.8, 4) is 28.0 Å². The number of methoxy groups -OCH3 is 1. The number of hydrogen-bond donors (Lipinski definition) is 1. The standard InChI is InChI=1S/C27H27FN4O2/c1-31-9-8-21(16-31)32(2)27(33)18-10-17(11-20(28)12-18)19-13-23-24(15-30-26(23)29-14-19)22-6-4-5-7-25(22)34-3/h4-7,10-15,21H,8-9,16H2,1-3H3,(H,29,30). The van der Waals surface area contributed by atoms with Crippen molar-refractivity contribution in [1.29, 1.82) is 0 Å². The Hall–Kier alpha value is -3.71. The maximum Gasteiger partial charge on any atom is 0.254 e. The zero-order valence-electron chi connectivity index (χ0n) is 19.5. The molecular weight excluding hydrogens is 431 g/mol. The van der Waals surface area contributed by atoms with Gasteiger partial charge in [-0.1, -0.05) is 18.2 Å². The zero-order valence-corrected chi connectivity index (χ0v) is 19.5. The van der Waals surface area contributed by atoms with Gasteiger partial charge in [0.05, 0.1) is 7.11 Å². The smallest absolute Gasteiger partial charge is 0.254 e. The van der Waals surface area contributed by atoms with E-state index in [2.05, 4.69) is 14.9 Å². The van der Waals surface area contributed by atoms with Crippen LogP contribution >= 0.6 is 0 Å². The van der Waals surface area contributed by atoms with E-state index >= 15 is 0 Å². The number of rotatable bonds is 5. The molecule has 2 aromatic heterocycles. The van der Waals surface area contributed by atoms with E-state index in [0.717, 1.165) is 53.0 Å². The normalized spacial score (nSPS) is 16.2. The van der Waals surface area contributed by atoms with Crippen LogP contribution in [-0.2, 0) is 0 Å². The Morgan fingerprint density at radius 2 is 2.00 bits per heavy atom. The average Bonchev–Trinajstić information content (AvgIpc) is 3.48. The number of aromatic nitrogens is 2. The van der Waals surface area contributed by atoms with Crippen molar-refractivity contribution in [2.45, 2.75) is 12.5 Å². The highest BCUT2D eigenvalue weighted by atomic mass is 19.1. The number of likely N-dealkylation sites (tertiary alicyclic amines) is 1. The number of H-pyrrole nitrogens is 1. The van der Waals surface area contributed by atoms with E-state index in [1.165, 1.54) is 12.1 Å². The molecule has 5 rings (SSSR count). The van der Waals surface area contributed by atoms with E-state index in [1.807, 2.05) is 43.6 Å². The van der Waals surface area contributed by atoms with Crippen LogP contribution in [0.4, 0.5) is 4.39 Å². The van der Waals surface area contributed by atoms with Crippen LogP contribution in [0.15, 0.2) is 60.9 Å². The van der Waals surface area contributed by atoms with Gasteiger partial charge in [-0.25, -0.2) is 9.37 Å². The van der Waals surface area contributed by atoms with E-state index in [-0.39, 0.29) is 11.9 Å². The number of carbonyl (C=O) groups is 1. The first-order valence-corrected chi connectivity index (χ1v) is 11.3. The van der Waals surface area contributed by atoms with Gasteiger partial charge in [0.15, 0.2) is 0 Å². The summed E-state index contributed by atoms with van der Waals surface area (Å²) in [5.74, 6) is 0.136. The number of ether oxygens (including phenoxy) is 1. The summed E-state index contributed by atoms with van der Waals surface area (Å²) in [6.45, 7) is 1.78. The number of nitrogens with zero attached hydrogens (tertiary/aromatic N) is 3. The maximum absolute atomic E-state index is 14.7. The molecule has 0 radical (unpaired) electrons. The Labute approximate surface area is 198 Å². The van der Waals surface area contributed by atoms with E-state index in [0.29, 0.717) is 11.1 Å². The number of aromatic amines is 1. The minimum absolute atomic E-state index is 0.130. The number of benzene rings is 2. The first-order valence-electron chi connectivity index (χ1n) is 11.3. The summed E-state index contributed by atoms with van der Waals surface area (Å²) < 4.78 is 20.2. The summed E-state index contributed by atoms with van der Waals surface area (Å²) in [6, 6.07) is 14.4. The van der Waals surface area contributed by atoms with Crippen LogP contribution in [0, 0.1) is 5.82 Å². The molecule has 1 atom stereocenters. The summed E-state index contributed by atoms with van der Waals surface area (Å²) >= 11 is 0. The lowest BCUT2D eigenvalue weighted by atomic mass is 10.00. The summed E-state index contributed by atoms with van der Waals surface area (Å²) in [7, 11) is 5.48. The molecule has 4 aromatic rings. The van der Waals surface area contributed by atoms with E-state index in [1.54, 1.807) is 31.3 Å². The number of pyridine rings is 1. The van der Waals surface area contributed by atoms with Crippen LogP contribution < -0.4 is 4.74 Å². The van der Waals surface area contributed by atoms with Crippen LogP contribution in [-0.4, -0.2) is 66.0 Å². The number of carbonyl (C=O) groups excluding carboxylic acids is 1. The van der Waals surface area contributed by atoms with Crippen LogP contribution in [0.5, 0.6) is 5.75 Å². The first kappa shape index (κ1) is 22.1. The van der Waals surface area contributed by atoms with E-state index in [4.69, 9.17) is 4.74 Å². The summed E-state index contributed by atoms with van der Waals surface area (Å²) in [6.07, 6.45) is 4.51. The molecule has 6 nitrogen and oxygen atoms in total. The molecule has 174 valence electrons. The highest BCUT2D eigenvalue weighted by Crippen LogP contribution is 2.36. The van der Waals surface area contributed by atoms with Crippen LogP contribution in [0.1, 0.15) is 16.8 Å². The Morgan fingerprint density at radius 1 is 1.18 bits per heavy atom. The molecule has 0 bridgehead atoms. The Bertz CT molecular complexity index is 1370. The molecule has 0 spiro atoms. The molecule has 7 heteroatoms. The largest absolute Gasteiger partial charge is 0.496 e. The predicted molar refractivity (Wildman–Crippen MR) is 131 cm³/mol. The highest BCUT2D eigenvalue weighted by molar-refractivity contribution is 5.98. The molecule has 1 amide bonds. The number of para-hydroxylation sites is 1. The fourth-order valence-corrected chi connectivity index (χ4v) is 4.73. The lowest BCUT2D eigenvalue weighted by Gasteiger charge is -2.24. The second-order valence-electron chi connectivity index (χ2n) is 8.87. The predicted octanol–water partition coefficient (Wildman–Crippen LogP) is 4.82. The summed E-state index contributed by atoms with van der Waals surface area (Å²) in [5, 5.41) is 0.894. The van der Waals surface area contributed by atoms with Crippen molar-refractivity contribution in [3.05, 3.63) is 72.3 Å². The fourth-order valence-electron chi connectivity index (χ4n) is 4.73. The third-order valence-electron chi connectivity index (χ3n) is 6.64. The molecule has 0 aliphatic carbocycles. The second-order valence-corrected chi connectivity index (χ2v) is 8.87. The van der Waals surface area contributed by atoms with Crippen molar-refractivity contribution >= 4 is 16.9 Å². The van der Waals surface area contributed by atoms with Crippen molar-refractivity contribution in [2.24, 2.45) is 0 Å². The number of halogens is 1. The Morgan fingerprint density at radius 3 is 2.76 bits per heavy atom. The minimum atomic E-state index is -0.447. The van der Waals surface area contributed by atoms with Gasteiger partial charge < -0.3 is 19.5 Å². The highest BCUT2D eigenvalue weighted by Gasteiger charge is 2.27. The van der Waals surface area contributed by atoms with Gasteiger partial charge in [-0.05, 0) is 55.9 Å². The van der Waals surface area contributed by atoms with Gasteiger partial charge in [0.25, 0.3) is 5.91 Å². The average molecular weight is 459 g/mol. The molecule has 1 saturated heterocycles. The molecule has 2 aromatic carbocycles. The van der Waals surface area contributed by atoms with Gasteiger partial charge in [-0.2, -0.15) is 0 Å². The lowest BCUT2D eigenvalue weighted by molar-refractivity contribution is 0.0737. The van der Waals surface area contributed by atoms with Crippen LogP contribution in [0.25, 0.3) is 33.3 Å². The number of amides is 1. The maximum atomic E-state index is 14.7. The van der Waals surface area contributed by atoms with Gasteiger partial charge in [0.2, 0.25) is 0 Å². The number of fused-ring (bicyclic) bond motifs is 1. The number of likely N-dealkylation sites (N-methyl/N-ethyl adjacent to an activating group) is 2. The second kappa shape index (κ2) is 8.91. The molecule has 1 aliphatic rings. The molecule has 1 fully saturated rings. The SMILES string of the molecule is COc1ccccc1-c1c[nH]c2ncc(-c3cc(F)cc(C(=O)N(C)C4CCN(C)C4)c3)cc12. The van der Waals surface area contributed by atoms with Crippen molar-refractivity contribution in [3.63, 3.8) is 0 Å². The van der Waals surface area contributed by atoms with Crippen LogP contribution in [0.2, 0.25) is 0 Å². The molecular formula is C27H27FN4O2. The molecule has 34 heavy (non-hydrogen) atoms. The molecule has 1 unspecified atom stereocenters. The monoisotopic (exact) mass is 458 g/mol. The molecule has 1 N–H and O–H groups in total. The summed E-state index contributed by atoms with van der Waals surface area (Å²) in [5.41, 5.74) is 4.29. The lowest BCUT2D eigenvalue weighted by Crippen LogP contribution is -2.38. The van der Waals surface area contributed by atoms with E-state index in [9.17, 15) is 9.18 Å². The van der Waals surface area contributed by atoms with Gasteiger partial charge in [-0.15, -0.1) is 0 Å². The fraction of sp³-hybridized carbons (Fsp3) is 0.259. The summed E-state index contributed by atoms with van der Waals surface area (Å²) in [4.78, 5) is 24.8. The Balaban J connectivity index is 1.53. The van der Waals surface area contributed by atoms with Gasteiger partial charge in [0.1, 0.15) is 17.2 Å². The minimum Gasteiger partial charge on any atom is -0.496 e. The number of nitrogens with one attached hydrogen (secondary N) is 1. The van der Waals surface area contributed by atoms with E-state index < -0.39 is 5.82 Å². The Kier molecular flexibility index (Phi) is 5.79. The third-order valence-corrected chi connectivity index (χ3v) is 6.64. The zero-order chi connectivity index (χ0) is 23.8. The quantitative estimate of drug-likeness (QED) is 0.466. The molecule has 1 aliphatic heterocycles. The van der Waals surface area contributed by atoms with Crippen molar-refractivity contribution in [1.82, 2.24) is 19.8 Å². The van der Waals surface area contributed by atoms with Crippen LogP contribution in [0.3, 0.4) is 0 Å². The van der Waals surface area contributed by atoms with Crippen molar-refractivity contribution in [2.75, 3.05) is 34.3 Å². The van der Waals surface area contributed by atoms with Gasteiger partial charge in [-0.3, -0.25) is 4.79 Å². The topological polar surface area (TPSA) is 61.5 Å². The van der Waals surface area contributed by atoms with Gasteiger partial charge in [0, 0.05) is 59.7 Å². The van der Waals surface area contributed by atoms with Crippen molar-refractivity contribution < 1.29 is 13.9 Å². The third kappa shape index (κ3) is 4.03. The number of hydrogen-bond acceptors (Lipinski definition) is 4. The van der Waals surface area contributed by atoms with Gasteiger partial charge >= 0.3 is 0 Å². The first-order chi connectivity index (χ1) is 16.4. The molecule has 3 heterocycles.